The first kappa shape index (κ1) is 18.6. The number of hydrogen-bond donors (Lipinski definition) is 3. The third-order valence-corrected chi connectivity index (χ3v) is 2.59. The molecule has 0 saturated carbocycles. The van der Waals surface area contributed by atoms with E-state index in [0.29, 0.717) is 13.1 Å². The quantitative estimate of drug-likeness (QED) is 0.584. The number of amides is 2. The van der Waals surface area contributed by atoms with E-state index in [1.54, 1.807) is 0 Å². The van der Waals surface area contributed by atoms with E-state index in [1.807, 2.05) is 13.8 Å². The standard InChI is InChI=1S/C11H23N3O2.ClH/c1-4-8(2)10(12)11(16)14-7-5-6-13-9(3)15;/h8,10H,4-7,12H2,1-3H3,(H,13,15)(H,14,16);1H. The maximum Gasteiger partial charge on any atom is 0.237 e. The summed E-state index contributed by atoms with van der Waals surface area (Å²) in [6.45, 7) is 6.56. The van der Waals surface area contributed by atoms with Gasteiger partial charge in [0.15, 0.2) is 0 Å². The summed E-state index contributed by atoms with van der Waals surface area (Å²) in [6, 6.07) is -0.439. The van der Waals surface area contributed by atoms with Crippen molar-refractivity contribution in [2.45, 2.75) is 39.7 Å². The Morgan fingerprint density at radius 2 is 1.76 bits per heavy atom. The lowest BCUT2D eigenvalue weighted by Gasteiger charge is -2.17. The fourth-order valence-electron chi connectivity index (χ4n) is 1.19. The molecule has 0 saturated heterocycles. The Bertz CT molecular complexity index is 237. The van der Waals surface area contributed by atoms with Crippen molar-refractivity contribution in [2.24, 2.45) is 11.7 Å². The van der Waals surface area contributed by atoms with Crippen molar-refractivity contribution in [1.82, 2.24) is 10.6 Å². The van der Waals surface area contributed by atoms with Gasteiger partial charge in [0, 0.05) is 20.0 Å². The van der Waals surface area contributed by atoms with E-state index in [2.05, 4.69) is 10.6 Å². The van der Waals surface area contributed by atoms with Gasteiger partial charge in [-0.15, -0.1) is 12.4 Å². The summed E-state index contributed by atoms with van der Waals surface area (Å²) < 4.78 is 0. The highest BCUT2D eigenvalue weighted by Crippen LogP contribution is 2.04. The third kappa shape index (κ3) is 8.94. The molecule has 5 nitrogen and oxygen atoms in total. The molecule has 2 atom stereocenters. The molecule has 0 aliphatic carbocycles. The number of carbonyl (C=O) groups excluding carboxylic acids is 2. The molecule has 0 spiro atoms. The number of halogens is 1. The van der Waals surface area contributed by atoms with Gasteiger partial charge in [0.2, 0.25) is 11.8 Å². The molecule has 0 aromatic carbocycles. The lowest BCUT2D eigenvalue weighted by molar-refractivity contribution is -0.123. The molecule has 2 unspecified atom stereocenters. The first-order chi connectivity index (χ1) is 7.49. The van der Waals surface area contributed by atoms with E-state index < -0.39 is 6.04 Å². The number of carbonyl (C=O) groups is 2. The van der Waals surface area contributed by atoms with Gasteiger partial charge in [-0.3, -0.25) is 9.59 Å². The number of nitrogens with one attached hydrogen (secondary N) is 2. The minimum absolute atomic E-state index is 0. The Kier molecular flexibility index (Phi) is 11.3. The summed E-state index contributed by atoms with van der Waals surface area (Å²) in [6.07, 6.45) is 1.61. The summed E-state index contributed by atoms with van der Waals surface area (Å²) in [5, 5.41) is 5.42. The summed E-state index contributed by atoms with van der Waals surface area (Å²) >= 11 is 0. The highest BCUT2D eigenvalue weighted by atomic mass is 35.5. The molecule has 0 rings (SSSR count). The zero-order valence-corrected chi connectivity index (χ0v) is 11.6. The number of nitrogens with two attached hydrogens (primary N) is 1. The summed E-state index contributed by atoms with van der Waals surface area (Å²) in [4.78, 5) is 22.1. The molecule has 0 aliphatic heterocycles. The second kappa shape index (κ2) is 10.4. The molecule has 0 aromatic heterocycles. The second-order valence-electron chi connectivity index (χ2n) is 4.04. The van der Waals surface area contributed by atoms with Gasteiger partial charge in [-0.2, -0.15) is 0 Å². The van der Waals surface area contributed by atoms with Gasteiger partial charge in [-0.25, -0.2) is 0 Å². The molecule has 0 aromatic rings. The fourth-order valence-corrected chi connectivity index (χ4v) is 1.19. The SMILES string of the molecule is CCC(C)C(N)C(=O)NCCCNC(C)=O.Cl. The third-order valence-electron chi connectivity index (χ3n) is 2.59. The molecule has 0 fully saturated rings. The summed E-state index contributed by atoms with van der Waals surface area (Å²) in [5.41, 5.74) is 5.75. The summed E-state index contributed by atoms with van der Waals surface area (Å²) in [7, 11) is 0. The average Bonchev–Trinajstić information content (AvgIpc) is 2.25. The lowest BCUT2D eigenvalue weighted by Crippen LogP contribution is -2.45. The normalized spacial score (nSPS) is 13.2. The van der Waals surface area contributed by atoms with Crippen LogP contribution in [0.2, 0.25) is 0 Å². The Morgan fingerprint density at radius 3 is 2.24 bits per heavy atom. The minimum Gasteiger partial charge on any atom is -0.356 e. The Labute approximate surface area is 109 Å². The van der Waals surface area contributed by atoms with E-state index in [-0.39, 0.29) is 30.1 Å². The fraction of sp³-hybridized carbons (Fsp3) is 0.818. The summed E-state index contributed by atoms with van der Waals surface area (Å²) in [5.74, 6) is 0.0233. The van der Waals surface area contributed by atoms with E-state index >= 15 is 0 Å². The van der Waals surface area contributed by atoms with Crippen molar-refractivity contribution in [3.63, 3.8) is 0 Å². The van der Waals surface area contributed by atoms with Crippen LogP contribution < -0.4 is 16.4 Å². The topological polar surface area (TPSA) is 84.2 Å². The van der Waals surface area contributed by atoms with Crippen LogP contribution in [0.4, 0.5) is 0 Å². The molecule has 102 valence electrons. The van der Waals surface area contributed by atoms with Crippen molar-refractivity contribution in [3.8, 4) is 0 Å². The Hall–Kier alpha value is -0.810. The van der Waals surface area contributed by atoms with Crippen molar-refractivity contribution in [3.05, 3.63) is 0 Å². The van der Waals surface area contributed by atoms with Gasteiger partial charge >= 0.3 is 0 Å². The average molecular weight is 266 g/mol. The minimum atomic E-state index is -0.439. The van der Waals surface area contributed by atoms with Crippen LogP contribution in [0.15, 0.2) is 0 Å². The van der Waals surface area contributed by atoms with Gasteiger partial charge in [-0.05, 0) is 12.3 Å². The second-order valence-corrected chi connectivity index (χ2v) is 4.04. The highest BCUT2D eigenvalue weighted by Gasteiger charge is 2.18. The Balaban J connectivity index is 0. The molecule has 4 N–H and O–H groups in total. The maximum atomic E-state index is 11.5. The largest absolute Gasteiger partial charge is 0.356 e. The van der Waals surface area contributed by atoms with Crippen LogP contribution in [0.5, 0.6) is 0 Å². The molecule has 2 amide bonds. The molecule has 0 aliphatic rings. The molecular weight excluding hydrogens is 242 g/mol. The monoisotopic (exact) mass is 265 g/mol. The van der Waals surface area contributed by atoms with Crippen LogP contribution in [0.25, 0.3) is 0 Å². The van der Waals surface area contributed by atoms with E-state index in [0.717, 1.165) is 12.8 Å². The Morgan fingerprint density at radius 1 is 1.24 bits per heavy atom. The van der Waals surface area contributed by atoms with Crippen molar-refractivity contribution >= 4 is 24.2 Å². The van der Waals surface area contributed by atoms with Gasteiger partial charge in [0.25, 0.3) is 0 Å². The van der Waals surface area contributed by atoms with Gasteiger partial charge in [-0.1, -0.05) is 20.3 Å². The molecule has 0 bridgehead atoms. The first-order valence-electron chi connectivity index (χ1n) is 5.76. The smallest absolute Gasteiger partial charge is 0.237 e. The van der Waals surface area contributed by atoms with E-state index in [1.165, 1.54) is 6.92 Å². The van der Waals surface area contributed by atoms with E-state index in [4.69, 9.17) is 5.73 Å². The van der Waals surface area contributed by atoms with Crippen LogP contribution in [-0.2, 0) is 9.59 Å². The van der Waals surface area contributed by atoms with Crippen molar-refractivity contribution in [1.29, 1.82) is 0 Å². The zero-order valence-electron chi connectivity index (χ0n) is 10.8. The van der Waals surface area contributed by atoms with Crippen LogP contribution >= 0.6 is 12.4 Å². The maximum absolute atomic E-state index is 11.5. The lowest BCUT2D eigenvalue weighted by atomic mass is 9.99. The molecule has 0 radical (unpaired) electrons. The molecular formula is C11H24ClN3O2. The van der Waals surface area contributed by atoms with Crippen molar-refractivity contribution in [2.75, 3.05) is 13.1 Å². The van der Waals surface area contributed by atoms with Crippen LogP contribution in [0.3, 0.4) is 0 Å². The molecule has 0 heterocycles. The predicted molar refractivity (Wildman–Crippen MR) is 71.0 cm³/mol. The highest BCUT2D eigenvalue weighted by molar-refractivity contribution is 5.85. The van der Waals surface area contributed by atoms with Crippen molar-refractivity contribution < 1.29 is 9.59 Å². The van der Waals surface area contributed by atoms with Gasteiger partial charge in [0.05, 0.1) is 6.04 Å². The predicted octanol–water partition coefficient (Wildman–Crippen LogP) is 0.424. The van der Waals surface area contributed by atoms with Gasteiger partial charge < -0.3 is 16.4 Å². The first-order valence-corrected chi connectivity index (χ1v) is 5.76. The van der Waals surface area contributed by atoms with E-state index in [9.17, 15) is 9.59 Å². The zero-order chi connectivity index (χ0) is 12.6. The van der Waals surface area contributed by atoms with Crippen LogP contribution in [0.1, 0.15) is 33.6 Å². The van der Waals surface area contributed by atoms with Crippen LogP contribution in [0, 0.1) is 5.92 Å². The number of hydrogen-bond acceptors (Lipinski definition) is 3. The van der Waals surface area contributed by atoms with Crippen LogP contribution in [-0.4, -0.2) is 30.9 Å². The molecule has 6 heteroatoms. The number of rotatable bonds is 7. The molecule has 17 heavy (non-hydrogen) atoms. The van der Waals surface area contributed by atoms with Gasteiger partial charge in [0.1, 0.15) is 0 Å².